The Morgan fingerprint density at radius 2 is 2.00 bits per heavy atom. The first-order valence-corrected chi connectivity index (χ1v) is 11.3. The summed E-state index contributed by atoms with van der Waals surface area (Å²) in [5.41, 5.74) is 2.57. The second-order valence-electron chi connectivity index (χ2n) is 8.03. The highest BCUT2D eigenvalue weighted by atomic mass is 19.1. The Morgan fingerprint density at radius 3 is 2.74 bits per heavy atom. The lowest BCUT2D eigenvalue weighted by Gasteiger charge is -2.13. The van der Waals surface area contributed by atoms with Gasteiger partial charge in [-0.1, -0.05) is 13.0 Å². The smallest absolute Gasteiger partial charge is 0.342 e. The van der Waals surface area contributed by atoms with E-state index in [0.717, 1.165) is 28.4 Å². The molecule has 2 N–H and O–H groups in total. The molecule has 0 unspecified atom stereocenters. The predicted octanol–water partition coefficient (Wildman–Crippen LogP) is 5.15. The van der Waals surface area contributed by atoms with Crippen LogP contribution in [0.4, 0.5) is 10.2 Å². The van der Waals surface area contributed by atoms with Gasteiger partial charge in [0, 0.05) is 35.8 Å². The summed E-state index contributed by atoms with van der Waals surface area (Å²) in [6.07, 6.45) is 2.05. The van der Waals surface area contributed by atoms with Crippen LogP contribution in [0.1, 0.15) is 29.4 Å². The highest BCUT2D eigenvalue weighted by Crippen LogP contribution is 2.31. The number of carboxylic acids is 1. The van der Waals surface area contributed by atoms with Gasteiger partial charge in [0.25, 0.3) is 0 Å². The minimum Gasteiger partial charge on any atom is -0.496 e. The van der Waals surface area contributed by atoms with Gasteiger partial charge in [0.05, 0.1) is 24.9 Å². The summed E-state index contributed by atoms with van der Waals surface area (Å²) in [5.74, 6) is -0.871. The molecule has 2 aromatic heterocycles. The van der Waals surface area contributed by atoms with Gasteiger partial charge < -0.3 is 24.5 Å². The number of nitrogens with zero attached hydrogens (tertiary/aromatic N) is 3. The summed E-state index contributed by atoms with van der Waals surface area (Å²) < 4.78 is 27.8. The van der Waals surface area contributed by atoms with Crippen molar-refractivity contribution in [3.05, 3.63) is 65.9 Å². The number of aromatic nitrogens is 3. The summed E-state index contributed by atoms with van der Waals surface area (Å²) in [6.45, 7) is 5.50. The van der Waals surface area contributed by atoms with E-state index in [1.165, 1.54) is 12.4 Å². The van der Waals surface area contributed by atoms with Gasteiger partial charge in [-0.05, 0) is 43.7 Å². The summed E-state index contributed by atoms with van der Waals surface area (Å²) in [4.78, 5) is 20.0. The Morgan fingerprint density at radius 1 is 1.17 bits per heavy atom. The van der Waals surface area contributed by atoms with Crippen molar-refractivity contribution in [3.63, 3.8) is 0 Å². The number of carbonyl (C=O) groups is 1. The first kappa shape index (κ1) is 24.0. The van der Waals surface area contributed by atoms with Crippen molar-refractivity contribution in [1.29, 1.82) is 0 Å². The third-order valence-corrected chi connectivity index (χ3v) is 5.67. The first-order chi connectivity index (χ1) is 16.9. The van der Waals surface area contributed by atoms with Crippen LogP contribution in [-0.2, 0) is 6.54 Å². The number of fused-ring (bicyclic) bond motifs is 1. The number of ether oxygens (including phenoxy) is 2. The van der Waals surface area contributed by atoms with Gasteiger partial charge in [-0.15, -0.1) is 0 Å². The van der Waals surface area contributed by atoms with Crippen LogP contribution < -0.4 is 14.8 Å². The Hall–Kier alpha value is -4.14. The third-order valence-electron chi connectivity index (χ3n) is 5.67. The van der Waals surface area contributed by atoms with E-state index in [0.29, 0.717) is 36.6 Å². The second-order valence-corrected chi connectivity index (χ2v) is 8.03. The minimum atomic E-state index is -1.38. The molecule has 182 valence electrons. The van der Waals surface area contributed by atoms with Gasteiger partial charge >= 0.3 is 5.97 Å². The lowest BCUT2D eigenvalue weighted by Crippen LogP contribution is -2.12. The molecule has 0 atom stereocenters. The van der Waals surface area contributed by atoms with E-state index in [4.69, 9.17) is 9.47 Å². The summed E-state index contributed by atoms with van der Waals surface area (Å²) in [7, 11) is 1.66. The molecule has 0 saturated carbocycles. The normalized spacial score (nSPS) is 11.0. The van der Waals surface area contributed by atoms with Crippen LogP contribution in [0.15, 0.2) is 48.8 Å². The number of nitrogens with one attached hydrogen (secondary N) is 1. The van der Waals surface area contributed by atoms with E-state index in [-0.39, 0.29) is 12.4 Å². The van der Waals surface area contributed by atoms with Crippen molar-refractivity contribution < 1.29 is 23.8 Å². The molecule has 0 amide bonds. The van der Waals surface area contributed by atoms with Crippen LogP contribution >= 0.6 is 0 Å². The number of hydrogen-bond donors (Lipinski definition) is 2. The summed E-state index contributed by atoms with van der Waals surface area (Å²) in [5, 5.41) is 13.7. The van der Waals surface area contributed by atoms with Gasteiger partial charge in [0.1, 0.15) is 35.0 Å². The molecule has 0 radical (unpaired) electrons. The number of hydrogen-bond acceptors (Lipinski definition) is 6. The predicted molar refractivity (Wildman–Crippen MR) is 132 cm³/mol. The maximum absolute atomic E-state index is 14.6. The van der Waals surface area contributed by atoms with E-state index in [9.17, 15) is 14.3 Å². The number of rotatable bonds is 10. The quantitative estimate of drug-likeness (QED) is 0.325. The molecule has 35 heavy (non-hydrogen) atoms. The molecule has 2 heterocycles. The van der Waals surface area contributed by atoms with E-state index in [1.807, 2.05) is 19.1 Å². The molecule has 0 aliphatic rings. The maximum Gasteiger partial charge on any atom is 0.342 e. The number of aryl methyl sites for hydroxylation is 1. The average Bonchev–Trinajstić information content (AvgIpc) is 3.17. The molecule has 9 heteroatoms. The molecule has 0 aliphatic carbocycles. The standard InChI is InChI=1S/C26H27FN4O4/c1-4-10-35-23-13-17(12-19(27)25(23)26(32)33)20-14-24(30-15-29-20)28-8-9-31-16(2)11-18-21(31)6-5-7-22(18)34-3/h5-7,11-15H,4,8-10H2,1-3H3,(H,32,33)(H,28,29,30). The molecule has 0 aliphatic heterocycles. The van der Waals surface area contributed by atoms with Crippen LogP contribution in [0.3, 0.4) is 0 Å². The summed E-state index contributed by atoms with van der Waals surface area (Å²) >= 11 is 0. The fourth-order valence-electron chi connectivity index (χ4n) is 4.03. The Labute approximate surface area is 202 Å². The van der Waals surface area contributed by atoms with Crippen molar-refractivity contribution in [2.75, 3.05) is 25.6 Å². The Balaban J connectivity index is 1.54. The molecule has 4 aromatic rings. The topological polar surface area (TPSA) is 98.5 Å². The molecule has 0 spiro atoms. The van der Waals surface area contributed by atoms with Crippen LogP contribution in [0.25, 0.3) is 22.2 Å². The van der Waals surface area contributed by atoms with Crippen LogP contribution in [0, 0.1) is 12.7 Å². The molecule has 0 fully saturated rings. The molecular formula is C26H27FN4O4. The number of anilines is 1. The minimum absolute atomic E-state index is 0.0205. The second kappa shape index (κ2) is 10.4. The Bertz CT molecular complexity index is 1370. The van der Waals surface area contributed by atoms with Gasteiger partial charge in [0.2, 0.25) is 0 Å². The van der Waals surface area contributed by atoms with Crippen molar-refractivity contribution in [2.24, 2.45) is 0 Å². The third kappa shape index (κ3) is 5.03. The monoisotopic (exact) mass is 478 g/mol. The highest BCUT2D eigenvalue weighted by molar-refractivity contribution is 5.92. The number of halogens is 1. The van der Waals surface area contributed by atoms with Crippen LogP contribution in [0.5, 0.6) is 11.5 Å². The number of aromatic carboxylic acids is 1. The van der Waals surface area contributed by atoms with E-state index in [2.05, 4.69) is 38.9 Å². The maximum atomic E-state index is 14.6. The van der Waals surface area contributed by atoms with Crippen LogP contribution in [-0.4, -0.2) is 45.9 Å². The van der Waals surface area contributed by atoms with Crippen molar-refractivity contribution >= 4 is 22.7 Å². The molecule has 0 bridgehead atoms. The van der Waals surface area contributed by atoms with Gasteiger partial charge in [-0.2, -0.15) is 0 Å². The van der Waals surface area contributed by atoms with Gasteiger partial charge in [0.15, 0.2) is 0 Å². The zero-order valence-corrected chi connectivity index (χ0v) is 19.8. The largest absolute Gasteiger partial charge is 0.496 e. The molecule has 4 rings (SSSR count). The number of carboxylic acid groups (broad SMARTS) is 1. The SMILES string of the molecule is CCCOc1cc(-c2cc(NCCn3c(C)cc4c(OC)cccc43)ncn2)cc(F)c1C(=O)O. The zero-order valence-electron chi connectivity index (χ0n) is 19.8. The van der Waals surface area contributed by atoms with Gasteiger partial charge in [-0.25, -0.2) is 19.2 Å². The van der Waals surface area contributed by atoms with E-state index in [1.54, 1.807) is 13.2 Å². The van der Waals surface area contributed by atoms with Crippen molar-refractivity contribution in [3.8, 4) is 22.8 Å². The van der Waals surface area contributed by atoms with E-state index < -0.39 is 17.3 Å². The van der Waals surface area contributed by atoms with Gasteiger partial charge in [-0.3, -0.25) is 0 Å². The highest BCUT2D eigenvalue weighted by Gasteiger charge is 2.20. The zero-order chi connectivity index (χ0) is 24.9. The molecule has 8 nitrogen and oxygen atoms in total. The van der Waals surface area contributed by atoms with Crippen molar-refractivity contribution in [1.82, 2.24) is 14.5 Å². The first-order valence-electron chi connectivity index (χ1n) is 11.3. The summed E-state index contributed by atoms with van der Waals surface area (Å²) in [6, 6.07) is 12.4. The fourth-order valence-corrected chi connectivity index (χ4v) is 4.03. The van der Waals surface area contributed by atoms with Crippen molar-refractivity contribution in [2.45, 2.75) is 26.8 Å². The van der Waals surface area contributed by atoms with Crippen LogP contribution in [0.2, 0.25) is 0 Å². The average molecular weight is 479 g/mol. The lowest BCUT2D eigenvalue weighted by molar-refractivity contribution is 0.0687. The lowest BCUT2D eigenvalue weighted by atomic mass is 10.1. The molecule has 0 saturated heterocycles. The fraction of sp³-hybridized carbons (Fsp3) is 0.269. The molecular weight excluding hydrogens is 451 g/mol. The molecule has 2 aromatic carbocycles. The number of benzene rings is 2. The number of methoxy groups -OCH3 is 1. The van der Waals surface area contributed by atoms with E-state index >= 15 is 0 Å². The Kier molecular flexibility index (Phi) is 7.14.